The number of aromatic nitrogens is 2. The van der Waals surface area contributed by atoms with Crippen LogP contribution in [0.4, 0.5) is 18.9 Å². The molecular weight excluding hydrogens is 379 g/mol. The Morgan fingerprint density at radius 3 is 2.22 bits per heavy atom. The molecule has 0 atom stereocenters. The predicted molar refractivity (Wildman–Crippen MR) is 80.3 cm³/mol. The lowest BCUT2D eigenvalue weighted by molar-refractivity contribution is -0.144. The van der Waals surface area contributed by atoms with Gasteiger partial charge in [-0.05, 0) is 47.1 Å². The highest BCUT2D eigenvalue weighted by molar-refractivity contribution is 9.10. The normalized spacial score (nSPS) is 11.4. The molecule has 9 heteroatoms. The molecule has 1 aromatic heterocycles. The van der Waals surface area contributed by atoms with Gasteiger partial charge in [0.15, 0.2) is 17.2 Å². The van der Waals surface area contributed by atoms with Crippen molar-refractivity contribution in [2.75, 3.05) is 5.32 Å². The van der Waals surface area contributed by atoms with Gasteiger partial charge in [-0.2, -0.15) is 18.3 Å². The third-order valence-corrected chi connectivity index (χ3v) is 3.77. The van der Waals surface area contributed by atoms with Crippen LogP contribution in [0.3, 0.4) is 0 Å². The van der Waals surface area contributed by atoms with Crippen LogP contribution in [0, 0.1) is 0 Å². The molecule has 0 aliphatic rings. The maximum absolute atomic E-state index is 12.9. The number of amides is 1. The standard InChI is InChI=1S/C14H11BrF3N3O2/c1-7(22)8-3-5-9(6-4-8)19-13(23)11-10(15)12(14(16,17)18)21(2)20-11/h3-6H,1-2H3,(H,19,23). The summed E-state index contributed by atoms with van der Waals surface area (Å²) in [5.74, 6) is -0.927. The monoisotopic (exact) mass is 389 g/mol. The van der Waals surface area contributed by atoms with Gasteiger partial charge in [0.1, 0.15) is 0 Å². The minimum atomic E-state index is -4.64. The summed E-state index contributed by atoms with van der Waals surface area (Å²) in [5, 5.41) is 6.04. The Balaban J connectivity index is 2.26. The first-order valence-corrected chi connectivity index (χ1v) is 7.12. The fraction of sp³-hybridized carbons (Fsp3) is 0.214. The van der Waals surface area contributed by atoms with Crippen LogP contribution in [0.15, 0.2) is 28.7 Å². The average Bonchev–Trinajstić information content (AvgIpc) is 2.74. The number of hydrogen-bond donors (Lipinski definition) is 1. The Bertz CT molecular complexity index is 767. The molecule has 1 aromatic carbocycles. The largest absolute Gasteiger partial charge is 0.434 e. The van der Waals surface area contributed by atoms with E-state index in [4.69, 9.17) is 0 Å². The second kappa shape index (κ2) is 6.15. The van der Waals surface area contributed by atoms with Gasteiger partial charge in [-0.15, -0.1) is 0 Å². The van der Waals surface area contributed by atoms with Gasteiger partial charge in [0.2, 0.25) is 0 Å². The molecule has 2 aromatic rings. The lowest BCUT2D eigenvalue weighted by Gasteiger charge is -2.06. The number of carbonyl (C=O) groups is 2. The lowest BCUT2D eigenvalue weighted by atomic mass is 10.1. The van der Waals surface area contributed by atoms with E-state index in [1.165, 1.54) is 31.2 Å². The first-order valence-electron chi connectivity index (χ1n) is 6.33. The molecule has 0 fully saturated rings. The van der Waals surface area contributed by atoms with Crippen LogP contribution in [-0.2, 0) is 13.2 Å². The topological polar surface area (TPSA) is 64.0 Å². The zero-order valence-electron chi connectivity index (χ0n) is 12.0. The molecule has 1 N–H and O–H groups in total. The number of benzene rings is 1. The second-order valence-corrected chi connectivity index (χ2v) is 5.51. The van der Waals surface area contributed by atoms with E-state index < -0.39 is 22.3 Å². The van der Waals surface area contributed by atoms with Crippen molar-refractivity contribution >= 4 is 33.3 Å². The highest BCUT2D eigenvalue weighted by Crippen LogP contribution is 2.36. The lowest BCUT2D eigenvalue weighted by Crippen LogP contribution is -2.13. The fourth-order valence-corrected chi connectivity index (χ4v) is 2.67. The van der Waals surface area contributed by atoms with E-state index in [9.17, 15) is 22.8 Å². The number of aryl methyl sites for hydroxylation is 1. The number of nitrogens with one attached hydrogen (secondary N) is 1. The summed E-state index contributed by atoms with van der Waals surface area (Å²) in [6, 6.07) is 5.98. The van der Waals surface area contributed by atoms with Crippen molar-refractivity contribution in [1.82, 2.24) is 9.78 Å². The van der Waals surface area contributed by atoms with Gasteiger partial charge >= 0.3 is 6.18 Å². The van der Waals surface area contributed by atoms with Crippen molar-refractivity contribution in [1.29, 1.82) is 0 Å². The SMILES string of the molecule is CC(=O)c1ccc(NC(=O)c2nn(C)c(C(F)(F)F)c2Br)cc1. The molecule has 23 heavy (non-hydrogen) atoms. The quantitative estimate of drug-likeness (QED) is 0.814. The Morgan fingerprint density at radius 2 is 1.78 bits per heavy atom. The predicted octanol–water partition coefficient (Wildman–Crippen LogP) is 3.66. The van der Waals surface area contributed by atoms with Gasteiger partial charge in [0, 0.05) is 18.3 Å². The molecule has 0 unspecified atom stereocenters. The summed E-state index contributed by atoms with van der Waals surface area (Å²) in [6.45, 7) is 1.40. The molecule has 0 spiro atoms. The summed E-state index contributed by atoms with van der Waals surface area (Å²) in [6.07, 6.45) is -4.64. The summed E-state index contributed by atoms with van der Waals surface area (Å²) >= 11 is 2.77. The Labute approximate surface area is 137 Å². The van der Waals surface area contributed by atoms with Crippen molar-refractivity contribution in [3.63, 3.8) is 0 Å². The number of anilines is 1. The summed E-state index contributed by atoms with van der Waals surface area (Å²) in [5.41, 5.74) is -0.627. The van der Waals surface area contributed by atoms with Crippen LogP contribution < -0.4 is 5.32 Å². The van der Waals surface area contributed by atoms with E-state index in [1.807, 2.05) is 0 Å². The molecule has 2 rings (SSSR count). The van der Waals surface area contributed by atoms with Crippen LogP contribution in [0.25, 0.3) is 0 Å². The Morgan fingerprint density at radius 1 is 1.22 bits per heavy atom. The van der Waals surface area contributed by atoms with E-state index in [0.29, 0.717) is 15.9 Å². The third-order valence-electron chi connectivity index (χ3n) is 3.02. The molecule has 1 heterocycles. The smallest absolute Gasteiger partial charge is 0.321 e. The highest BCUT2D eigenvalue weighted by atomic mass is 79.9. The maximum Gasteiger partial charge on any atom is 0.434 e. The molecule has 0 aliphatic heterocycles. The number of alkyl halides is 3. The Hall–Kier alpha value is -2.16. The maximum atomic E-state index is 12.9. The molecule has 0 saturated heterocycles. The number of ketones is 1. The van der Waals surface area contributed by atoms with E-state index in [-0.39, 0.29) is 11.5 Å². The van der Waals surface area contributed by atoms with Gasteiger partial charge in [-0.25, -0.2) is 0 Å². The highest BCUT2D eigenvalue weighted by Gasteiger charge is 2.39. The van der Waals surface area contributed by atoms with Crippen molar-refractivity contribution in [2.45, 2.75) is 13.1 Å². The summed E-state index contributed by atoms with van der Waals surface area (Å²) in [7, 11) is 1.10. The van der Waals surface area contributed by atoms with Crippen LogP contribution in [0.1, 0.15) is 33.5 Å². The van der Waals surface area contributed by atoms with Crippen molar-refractivity contribution in [3.05, 3.63) is 45.7 Å². The van der Waals surface area contributed by atoms with Gasteiger partial charge in [0.25, 0.3) is 5.91 Å². The summed E-state index contributed by atoms with van der Waals surface area (Å²) < 4.78 is 38.8. The Kier molecular flexibility index (Phi) is 4.60. The van der Waals surface area contributed by atoms with Crippen molar-refractivity contribution in [3.8, 4) is 0 Å². The first kappa shape index (κ1) is 17.2. The van der Waals surface area contributed by atoms with Gasteiger partial charge in [0.05, 0.1) is 4.47 Å². The van der Waals surface area contributed by atoms with Crippen LogP contribution in [0.5, 0.6) is 0 Å². The molecule has 0 saturated carbocycles. The third kappa shape index (κ3) is 3.61. The minimum Gasteiger partial charge on any atom is -0.321 e. The molecule has 122 valence electrons. The van der Waals surface area contributed by atoms with Gasteiger partial charge in [-0.1, -0.05) is 0 Å². The summed E-state index contributed by atoms with van der Waals surface area (Å²) in [4.78, 5) is 23.3. The van der Waals surface area contributed by atoms with Gasteiger partial charge in [-0.3, -0.25) is 14.3 Å². The zero-order valence-corrected chi connectivity index (χ0v) is 13.6. The molecular formula is C14H11BrF3N3O2. The molecule has 0 aliphatic carbocycles. The first-order chi connectivity index (χ1) is 10.6. The van der Waals surface area contributed by atoms with E-state index in [1.54, 1.807) is 0 Å². The van der Waals surface area contributed by atoms with E-state index in [2.05, 4.69) is 26.3 Å². The van der Waals surface area contributed by atoms with Crippen molar-refractivity contribution < 1.29 is 22.8 Å². The van der Waals surface area contributed by atoms with Crippen LogP contribution in [-0.4, -0.2) is 21.5 Å². The molecule has 0 radical (unpaired) electrons. The second-order valence-electron chi connectivity index (χ2n) is 4.72. The van der Waals surface area contributed by atoms with Gasteiger partial charge < -0.3 is 5.32 Å². The van der Waals surface area contributed by atoms with Crippen molar-refractivity contribution in [2.24, 2.45) is 7.05 Å². The molecule has 5 nitrogen and oxygen atoms in total. The zero-order chi connectivity index (χ0) is 17.4. The van der Waals surface area contributed by atoms with E-state index in [0.717, 1.165) is 7.05 Å². The number of hydrogen-bond acceptors (Lipinski definition) is 3. The van der Waals surface area contributed by atoms with E-state index >= 15 is 0 Å². The number of halogens is 4. The number of rotatable bonds is 3. The number of carbonyl (C=O) groups excluding carboxylic acids is 2. The molecule has 1 amide bonds. The average molecular weight is 390 g/mol. The number of nitrogens with zero attached hydrogens (tertiary/aromatic N) is 2. The fourth-order valence-electron chi connectivity index (χ4n) is 1.93. The minimum absolute atomic E-state index is 0.134. The van der Waals surface area contributed by atoms with Crippen LogP contribution >= 0.6 is 15.9 Å². The number of Topliss-reactive ketones (excluding diaryl/α,β-unsaturated/α-hetero) is 1. The van der Waals surface area contributed by atoms with Crippen LogP contribution in [0.2, 0.25) is 0 Å². The molecule has 0 bridgehead atoms.